The van der Waals surface area contributed by atoms with Crippen molar-refractivity contribution in [3.8, 4) is 5.75 Å². The molecule has 0 saturated heterocycles. The molecule has 0 saturated carbocycles. The minimum atomic E-state index is -3.35. The third kappa shape index (κ3) is 3.76. The van der Waals surface area contributed by atoms with Crippen LogP contribution in [0.15, 0.2) is 47.5 Å². The van der Waals surface area contributed by atoms with Crippen molar-refractivity contribution in [2.24, 2.45) is 0 Å². The predicted octanol–water partition coefficient (Wildman–Crippen LogP) is 2.33. The minimum Gasteiger partial charge on any atom is -0.433 e. The summed E-state index contributed by atoms with van der Waals surface area (Å²) in [6.45, 7) is -2.97. The van der Waals surface area contributed by atoms with Gasteiger partial charge in [0.1, 0.15) is 11.4 Å². The van der Waals surface area contributed by atoms with Crippen LogP contribution in [0.4, 0.5) is 8.78 Å². The molecule has 0 fully saturated rings. The van der Waals surface area contributed by atoms with Gasteiger partial charge in [-0.15, -0.1) is 0 Å². The number of pyridine rings is 1. The highest BCUT2D eigenvalue weighted by atomic mass is 32.2. The highest BCUT2D eigenvalue weighted by Crippen LogP contribution is 2.32. The van der Waals surface area contributed by atoms with Gasteiger partial charge in [-0.25, -0.2) is 13.4 Å². The number of carbonyl (C=O) groups is 1. The van der Waals surface area contributed by atoms with Crippen molar-refractivity contribution < 1.29 is 26.7 Å². The van der Waals surface area contributed by atoms with Gasteiger partial charge in [-0.2, -0.15) is 8.78 Å². The standard InChI is InChI=1S/C16H14F2N2O4S/c17-16(18)24-10-5-6-13(19-9-10)15(21)20-12-7-8-25(22,23)14-4-2-1-3-11(12)14/h1-6,9,12,16H,7-8H2,(H,20,21). The van der Waals surface area contributed by atoms with E-state index in [-0.39, 0.29) is 28.5 Å². The van der Waals surface area contributed by atoms with Crippen LogP contribution in [-0.4, -0.2) is 31.7 Å². The molecule has 1 aromatic heterocycles. The van der Waals surface area contributed by atoms with Crippen LogP contribution in [0.3, 0.4) is 0 Å². The lowest BCUT2D eigenvalue weighted by molar-refractivity contribution is -0.0500. The number of sulfone groups is 1. The van der Waals surface area contributed by atoms with E-state index in [1.165, 1.54) is 18.2 Å². The van der Waals surface area contributed by atoms with Crippen molar-refractivity contribution in [2.75, 3.05) is 5.75 Å². The number of halogens is 2. The van der Waals surface area contributed by atoms with Gasteiger partial charge in [0.25, 0.3) is 5.91 Å². The monoisotopic (exact) mass is 368 g/mol. The summed E-state index contributed by atoms with van der Waals surface area (Å²) in [5.41, 5.74) is 0.548. The maximum absolute atomic E-state index is 12.3. The number of hydrogen-bond acceptors (Lipinski definition) is 5. The lowest BCUT2D eigenvalue weighted by atomic mass is 10.0. The van der Waals surface area contributed by atoms with E-state index < -0.39 is 28.4 Å². The Bertz CT molecular complexity index is 885. The fourth-order valence-electron chi connectivity index (χ4n) is 2.66. The van der Waals surface area contributed by atoms with E-state index in [1.807, 2.05) is 0 Å². The summed E-state index contributed by atoms with van der Waals surface area (Å²) < 4.78 is 52.6. The number of aromatic nitrogens is 1. The van der Waals surface area contributed by atoms with E-state index in [0.29, 0.717) is 5.56 Å². The molecule has 1 aliphatic heterocycles. The molecule has 1 atom stereocenters. The highest BCUT2D eigenvalue weighted by molar-refractivity contribution is 7.91. The van der Waals surface area contributed by atoms with Gasteiger partial charge in [-0.1, -0.05) is 18.2 Å². The number of benzene rings is 1. The molecule has 6 nitrogen and oxygen atoms in total. The molecule has 0 aliphatic carbocycles. The molecule has 0 bridgehead atoms. The summed E-state index contributed by atoms with van der Waals surface area (Å²) in [6, 6.07) is 8.51. The largest absolute Gasteiger partial charge is 0.433 e. The van der Waals surface area contributed by atoms with Crippen LogP contribution in [0.25, 0.3) is 0 Å². The van der Waals surface area contributed by atoms with Crippen molar-refractivity contribution in [3.05, 3.63) is 53.9 Å². The number of hydrogen-bond donors (Lipinski definition) is 1. The molecule has 0 radical (unpaired) electrons. The van der Waals surface area contributed by atoms with Crippen LogP contribution in [0.2, 0.25) is 0 Å². The number of ether oxygens (including phenoxy) is 1. The SMILES string of the molecule is O=C(NC1CCS(=O)(=O)c2ccccc21)c1ccc(OC(F)F)cn1. The van der Waals surface area contributed by atoms with Crippen LogP contribution in [0.1, 0.15) is 28.5 Å². The van der Waals surface area contributed by atoms with Crippen LogP contribution in [0.5, 0.6) is 5.75 Å². The van der Waals surface area contributed by atoms with E-state index in [2.05, 4.69) is 15.0 Å². The van der Waals surface area contributed by atoms with Gasteiger partial charge in [0.2, 0.25) is 0 Å². The first-order chi connectivity index (χ1) is 11.9. The van der Waals surface area contributed by atoms with E-state index in [0.717, 1.165) is 6.20 Å². The zero-order valence-electron chi connectivity index (χ0n) is 12.9. The van der Waals surface area contributed by atoms with Crippen molar-refractivity contribution in [3.63, 3.8) is 0 Å². The van der Waals surface area contributed by atoms with Crippen molar-refractivity contribution in [1.29, 1.82) is 0 Å². The molecule has 2 heterocycles. The minimum absolute atomic E-state index is 0.0209. The van der Waals surface area contributed by atoms with Crippen molar-refractivity contribution in [1.82, 2.24) is 10.3 Å². The third-order valence-electron chi connectivity index (χ3n) is 3.80. The molecule has 132 valence electrons. The van der Waals surface area contributed by atoms with E-state index in [1.54, 1.807) is 18.2 Å². The molecule has 1 aliphatic rings. The summed E-state index contributed by atoms with van der Waals surface area (Å²) in [7, 11) is -3.35. The summed E-state index contributed by atoms with van der Waals surface area (Å²) in [5, 5.41) is 2.73. The number of rotatable bonds is 4. The van der Waals surface area contributed by atoms with Gasteiger partial charge < -0.3 is 10.1 Å². The second-order valence-corrected chi connectivity index (χ2v) is 7.51. The summed E-state index contributed by atoms with van der Waals surface area (Å²) in [5.74, 6) is -0.743. The second kappa shape index (κ2) is 6.75. The van der Waals surface area contributed by atoms with Gasteiger partial charge in [0.05, 0.1) is 22.9 Å². The summed E-state index contributed by atoms with van der Waals surface area (Å²) in [6.07, 6.45) is 1.28. The summed E-state index contributed by atoms with van der Waals surface area (Å²) >= 11 is 0. The predicted molar refractivity (Wildman–Crippen MR) is 84.2 cm³/mol. The Balaban J connectivity index is 1.77. The topological polar surface area (TPSA) is 85.4 Å². The van der Waals surface area contributed by atoms with Crippen LogP contribution < -0.4 is 10.1 Å². The van der Waals surface area contributed by atoms with Gasteiger partial charge in [-0.3, -0.25) is 4.79 Å². The fourth-order valence-corrected chi connectivity index (χ4v) is 4.28. The molecule has 1 amide bonds. The maximum atomic E-state index is 12.3. The van der Waals surface area contributed by atoms with Crippen LogP contribution in [-0.2, 0) is 9.84 Å². The smallest absolute Gasteiger partial charge is 0.387 e. The second-order valence-electron chi connectivity index (χ2n) is 5.43. The zero-order chi connectivity index (χ0) is 18.0. The van der Waals surface area contributed by atoms with Crippen LogP contribution in [0, 0.1) is 0 Å². The van der Waals surface area contributed by atoms with E-state index in [9.17, 15) is 22.0 Å². The maximum Gasteiger partial charge on any atom is 0.387 e. The quantitative estimate of drug-likeness (QED) is 0.895. The lowest BCUT2D eigenvalue weighted by Gasteiger charge is -2.26. The number of alkyl halides is 2. The molecule has 0 spiro atoms. The lowest BCUT2D eigenvalue weighted by Crippen LogP contribution is -2.34. The molecule has 25 heavy (non-hydrogen) atoms. The first kappa shape index (κ1) is 17.3. The fraction of sp³-hybridized carbons (Fsp3) is 0.250. The molecule has 1 N–H and O–H groups in total. The number of carbonyl (C=O) groups excluding carboxylic acids is 1. The van der Waals surface area contributed by atoms with Gasteiger partial charge >= 0.3 is 6.61 Å². The average molecular weight is 368 g/mol. The Labute approximate surface area is 142 Å². The van der Waals surface area contributed by atoms with E-state index >= 15 is 0 Å². The number of nitrogens with zero attached hydrogens (tertiary/aromatic N) is 1. The molecular weight excluding hydrogens is 354 g/mol. The Morgan fingerprint density at radius 3 is 2.68 bits per heavy atom. The van der Waals surface area contributed by atoms with Crippen molar-refractivity contribution in [2.45, 2.75) is 24.0 Å². The van der Waals surface area contributed by atoms with Gasteiger partial charge in [0, 0.05) is 0 Å². The molecule has 1 aromatic carbocycles. The molecule has 9 heteroatoms. The molecule has 1 unspecified atom stereocenters. The Morgan fingerprint density at radius 1 is 1.24 bits per heavy atom. The van der Waals surface area contributed by atoms with E-state index in [4.69, 9.17) is 0 Å². The zero-order valence-corrected chi connectivity index (χ0v) is 13.7. The highest BCUT2D eigenvalue weighted by Gasteiger charge is 2.31. The molecular formula is C16H14F2N2O4S. The number of amides is 1. The van der Waals surface area contributed by atoms with Gasteiger partial charge in [0.15, 0.2) is 9.84 Å². The molecule has 3 rings (SSSR count). The first-order valence-electron chi connectivity index (χ1n) is 7.40. The van der Waals surface area contributed by atoms with Crippen LogP contribution >= 0.6 is 0 Å². The van der Waals surface area contributed by atoms with Gasteiger partial charge in [-0.05, 0) is 30.2 Å². The van der Waals surface area contributed by atoms with Crippen molar-refractivity contribution >= 4 is 15.7 Å². The number of fused-ring (bicyclic) bond motifs is 1. The number of nitrogens with one attached hydrogen (secondary N) is 1. The summed E-state index contributed by atoms with van der Waals surface area (Å²) in [4.78, 5) is 16.3. The normalized spacial score (nSPS) is 18.4. The Kier molecular flexibility index (Phi) is 4.67. The average Bonchev–Trinajstić information content (AvgIpc) is 2.58. The third-order valence-corrected chi connectivity index (χ3v) is 5.62. The first-order valence-corrected chi connectivity index (χ1v) is 9.05. The Morgan fingerprint density at radius 2 is 2.00 bits per heavy atom. The Hall–Kier alpha value is -2.55. The molecule has 2 aromatic rings.